The van der Waals surface area contributed by atoms with Crippen LogP contribution in [0.5, 0.6) is 11.5 Å². The summed E-state index contributed by atoms with van der Waals surface area (Å²) >= 11 is 3.53. The van der Waals surface area contributed by atoms with E-state index in [1.54, 1.807) is 18.2 Å². The number of halogens is 1. The summed E-state index contributed by atoms with van der Waals surface area (Å²) in [6, 6.07) is 8.31. The number of nitro groups is 2. The van der Waals surface area contributed by atoms with Gasteiger partial charge in [0.05, 0.1) is 15.9 Å². The lowest BCUT2D eigenvalue weighted by molar-refractivity contribution is -0.394. The third-order valence-electron chi connectivity index (χ3n) is 8.19. The van der Waals surface area contributed by atoms with E-state index in [0.717, 1.165) is 23.5 Å². The molecule has 0 fully saturated rings. The summed E-state index contributed by atoms with van der Waals surface area (Å²) in [6.45, 7) is 10.9. The summed E-state index contributed by atoms with van der Waals surface area (Å²) in [5.74, 6) is -0.772. The number of hydrogen-bond donors (Lipinski definition) is 0. The van der Waals surface area contributed by atoms with Crippen molar-refractivity contribution in [1.82, 2.24) is 4.90 Å². The number of nitro benzene ring substituents is 2. The van der Waals surface area contributed by atoms with Crippen LogP contribution in [0.25, 0.3) is 0 Å². The first-order chi connectivity index (χ1) is 19.6. The summed E-state index contributed by atoms with van der Waals surface area (Å²) in [7, 11) is 0. The van der Waals surface area contributed by atoms with Crippen LogP contribution in [0.4, 0.5) is 11.4 Å². The third kappa shape index (κ3) is 5.26. The van der Waals surface area contributed by atoms with Crippen molar-refractivity contribution in [2.75, 3.05) is 6.54 Å². The van der Waals surface area contributed by atoms with E-state index in [2.05, 4.69) is 48.5 Å². The van der Waals surface area contributed by atoms with Gasteiger partial charge in [0, 0.05) is 63.9 Å². The molecule has 3 aliphatic rings. The van der Waals surface area contributed by atoms with E-state index in [0.29, 0.717) is 53.4 Å². The molecule has 0 amide bonds. The van der Waals surface area contributed by atoms with Crippen LogP contribution in [-0.2, 0) is 9.59 Å². The minimum absolute atomic E-state index is 0.0406. The first-order valence-corrected chi connectivity index (χ1v) is 14.6. The maximum absolute atomic E-state index is 14.0. The summed E-state index contributed by atoms with van der Waals surface area (Å²) < 4.78 is 6.82. The molecular formula is C31H32BrN3O7. The quantitative estimate of drug-likeness (QED) is 0.232. The normalized spacial score (nSPS) is 19.9. The average molecular weight is 639 g/mol. The lowest BCUT2D eigenvalue weighted by Gasteiger charge is -2.49. The summed E-state index contributed by atoms with van der Waals surface area (Å²) in [5.41, 5.74) is 1.91. The number of hydrogen-bond acceptors (Lipinski definition) is 8. The van der Waals surface area contributed by atoms with Crippen LogP contribution >= 0.6 is 15.9 Å². The molecule has 2 aliphatic carbocycles. The lowest BCUT2D eigenvalue weighted by Crippen LogP contribution is -2.44. The maximum Gasteiger partial charge on any atom is 0.318 e. The molecule has 0 radical (unpaired) electrons. The predicted octanol–water partition coefficient (Wildman–Crippen LogP) is 7.76. The van der Waals surface area contributed by atoms with Crippen molar-refractivity contribution >= 4 is 38.9 Å². The number of Topliss-reactive ketones (excluding diaryl/α,β-unsaturated/α-hetero) is 2. The van der Waals surface area contributed by atoms with Crippen molar-refractivity contribution < 1.29 is 24.2 Å². The van der Waals surface area contributed by atoms with E-state index >= 15 is 0 Å². The van der Waals surface area contributed by atoms with Crippen molar-refractivity contribution in [3.63, 3.8) is 0 Å². The largest absolute Gasteiger partial charge is 0.450 e. The number of benzene rings is 2. The molecule has 10 nitrogen and oxygen atoms in total. The zero-order valence-corrected chi connectivity index (χ0v) is 25.7. The Bertz CT molecular complexity index is 1570. The highest BCUT2D eigenvalue weighted by Gasteiger charge is 2.49. The van der Waals surface area contributed by atoms with Crippen molar-refractivity contribution in [3.8, 4) is 11.5 Å². The van der Waals surface area contributed by atoms with Crippen molar-refractivity contribution in [3.05, 3.63) is 89.2 Å². The Morgan fingerprint density at radius 2 is 1.40 bits per heavy atom. The zero-order valence-electron chi connectivity index (χ0n) is 24.2. The van der Waals surface area contributed by atoms with Gasteiger partial charge in [-0.25, -0.2) is 0 Å². The SMILES string of the molecule is CCN1C2=C(C(=O)CC(C)(C)C2)C(c2cc(Br)ccc2Oc2ccc([N+](=O)[O-])cc2[N+](=O)[O-])C2=C1CC(C)(C)CC2=O. The Morgan fingerprint density at radius 3 is 1.90 bits per heavy atom. The molecule has 0 spiro atoms. The summed E-state index contributed by atoms with van der Waals surface area (Å²) in [5, 5.41) is 23.1. The number of ketones is 2. The number of nitrogens with zero attached hydrogens (tertiary/aromatic N) is 3. The molecule has 0 aromatic heterocycles. The van der Waals surface area contributed by atoms with E-state index in [-0.39, 0.29) is 33.9 Å². The topological polar surface area (TPSA) is 133 Å². The number of carbonyl (C=O) groups is 2. The van der Waals surface area contributed by atoms with Gasteiger partial charge in [0.25, 0.3) is 5.69 Å². The first-order valence-electron chi connectivity index (χ1n) is 13.8. The zero-order chi connectivity index (χ0) is 30.7. The van der Waals surface area contributed by atoms with Crippen molar-refractivity contribution in [2.24, 2.45) is 10.8 Å². The van der Waals surface area contributed by atoms with Crippen molar-refractivity contribution in [2.45, 2.75) is 66.2 Å². The van der Waals surface area contributed by atoms with Gasteiger partial charge in [0.15, 0.2) is 11.6 Å². The minimum atomic E-state index is -0.735. The Kier molecular flexibility index (Phi) is 7.37. The van der Waals surface area contributed by atoms with Crippen LogP contribution < -0.4 is 4.74 Å². The molecule has 220 valence electrons. The molecule has 0 atom stereocenters. The molecule has 5 rings (SSSR count). The van der Waals surface area contributed by atoms with Gasteiger partial charge < -0.3 is 9.64 Å². The van der Waals surface area contributed by atoms with Gasteiger partial charge >= 0.3 is 5.69 Å². The van der Waals surface area contributed by atoms with Crippen LogP contribution in [0.1, 0.15) is 71.8 Å². The third-order valence-corrected chi connectivity index (χ3v) is 8.68. The Morgan fingerprint density at radius 1 is 0.857 bits per heavy atom. The summed E-state index contributed by atoms with van der Waals surface area (Å²) in [6.07, 6.45) is 1.95. The fourth-order valence-corrected chi connectivity index (χ4v) is 6.92. The highest BCUT2D eigenvalue weighted by molar-refractivity contribution is 9.10. The molecule has 1 aliphatic heterocycles. The van der Waals surface area contributed by atoms with E-state index in [1.807, 2.05) is 6.92 Å². The van der Waals surface area contributed by atoms with Crippen LogP contribution in [0.15, 0.2) is 63.4 Å². The minimum Gasteiger partial charge on any atom is -0.450 e. The molecular weight excluding hydrogens is 606 g/mol. The number of rotatable bonds is 6. The summed E-state index contributed by atoms with van der Waals surface area (Å²) in [4.78, 5) is 51.8. The lowest BCUT2D eigenvalue weighted by atomic mass is 9.63. The molecule has 0 unspecified atom stereocenters. The average Bonchev–Trinajstić information content (AvgIpc) is 2.87. The van der Waals surface area contributed by atoms with Gasteiger partial charge in [-0.15, -0.1) is 0 Å². The first kappa shape index (κ1) is 29.6. The predicted molar refractivity (Wildman–Crippen MR) is 159 cm³/mol. The second kappa shape index (κ2) is 10.4. The van der Waals surface area contributed by atoms with E-state index < -0.39 is 27.1 Å². The number of allylic oxidation sites excluding steroid dienone is 4. The number of ether oxygens (including phenoxy) is 1. The number of non-ortho nitro benzene ring substituents is 1. The molecule has 0 N–H and O–H groups in total. The van der Waals surface area contributed by atoms with Gasteiger partial charge in [-0.2, -0.15) is 0 Å². The standard InChI is InChI=1S/C31H32BrN3O7/c1-6-33-21-13-30(2,3)15-23(36)28(21)27(29-22(33)14-31(4,5)16-24(29)37)19-11-17(32)7-9-25(19)42-26-10-8-18(34(38)39)12-20(26)35(40)41/h7-12,27H,6,13-16H2,1-5H3. The van der Waals surface area contributed by atoms with Gasteiger partial charge in [-0.05, 0) is 54.9 Å². The Labute approximate surface area is 251 Å². The Hall–Kier alpha value is -3.86. The van der Waals surface area contributed by atoms with E-state index in [9.17, 15) is 29.8 Å². The van der Waals surface area contributed by atoms with Gasteiger partial charge in [0.1, 0.15) is 5.75 Å². The second-order valence-electron chi connectivity index (χ2n) is 12.7. The molecule has 0 saturated carbocycles. The smallest absolute Gasteiger partial charge is 0.318 e. The molecule has 11 heteroatoms. The fourth-order valence-electron chi connectivity index (χ4n) is 6.55. The molecule has 2 aromatic carbocycles. The molecule has 1 heterocycles. The highest BCUT2D eigenvalue weighted by Crippen LogP contribution is 2.56. The van der Waals surface area contributed by atoms with Gasteiger partial charge in [-0.1, -0.05) is 43.6 Å². The monoisotopic (exact) mass is 637 g/mol. The van der Waals surface area contributed by atoms with Gasteiger partial charge in [-0.3, -0.25) is 29.8 Å². The highest BCUT2D eigenvalue weighted by atomic mass is 79.9. The van der Waals surface area contributed by atoms with Gasteiger partial charge in [0.2, 0.25) is 5.75 Å². The van der Waals surface area contributed by atoms with Crippen molar-refractivity contribution in [1.29, 1.82) is 0 Å². The van der Waals surface area contributed by atoms with Crippen LogP contribution in [0, 0.1) is 31.1 Å². The Balaban J connectivity index is 1.75. The van der Waals surface area contributed by atoms with E-state index in [4.69, 9.17) is 4.74 Å². The second-order valence-corrected chi connectivity index (χ2v) is 13.6. The van der Waals surface area contributed by atoms with Crippen LogP contribution in [-0.4, -0.2) is 32.9 Å². The number of carbonyl (C=O) groups excluding carboxylic acids is 2. The fraction of sp³-hybridized carbons (Fsp3) is 0.419. The maximum atomic E-state index is 14.0. The van der Waals surface area contributed by atoms with E-state index in [1.165, 1.54) is 6.07 Å². The molecule has 0 saturated heterocycles. The molecule has 0 bridgehead atoms. The van der Waals surface area contributed by atoms with Crippen LogP contribution in [0.2, 0.25) is 0 Å². The molecule has 42 heavy (non-hydrogen) atoms. The van der Waals surface area contributed by atoms with Crippen LogP contribution in [0.3, 0.4) is 0 Å². The molecule has 2 aromatic rings.